The maximum atomic E-state index is 13.0. The molecule has 1 saturated carbocycles. The average molecular weight is 672 g/mol. The molecule has 16 heteroatoms. The van der Waals surface area contributed by atoms with Crippen molar-refractivity contribution in [1.29, 1.82) is 0 Å². The normalized spacial score (nSPS) is 27.2. The number of nitrogens with one attached hydrogen (secondary N) is 3. The highest BCUT2D eigenvalue weighted by atomic mass is 32.2. The molecular formula is C31H45N9O6S. The molecule has 3 aromatic rings. The molecule has 2 bridgehead atoms. The van der Waals surface area contributed by atoms with Crippen molar-refractivity contribution in [2.75, 3.05) is 48.7 Å². The molecule has 0 spiro atoms. The van der Waals surface area contributed by atoms with Gasteiger partial charge in [-0.3, -0.25) is 14.7 Å². The van der Waals surface area contributed by atoms with Gasteiger partial charge in [-0.2, -0.15) is 4.98 Å². The molecule has 7 rings (SSSR count). The fourth-order valence-corrected chi connectivity index (χ4v) is 7.91. The van der Waals surface area contributed by atoms with Crippen LogP contribution in [-0.2, 0) is 34.7 Å². The number of pyridine rings is 1. The van der Waals surface area contributed by atoms with Crippen LogP contribution in [0.25, 0.3) is 5.65 Å². The molecular weight excluding hydrogens is 626 g/mol. The second-order valence-corrected chi connectivity index (χ2v) is 16.5. The van der Waals surface area contributed by atoms with Crippen molar-refractivity contribution in [3.63, 3.8) is 0 Å². The number of sulfonamides is 1. The quantitative estimate of drug-likeness (QED) is 0.240. The molecule has 47 heavy (non-hydrogen) atoms. The zero-order chi connectivity index (χ0) is 34.0. The maximum Gasteiger partial charge on any atom is 0.311 e. The summed E-state index contributed by atoms with van der Waals surface area (Å²) in [6, 6.07) is 2.15. The van der Waals surface area contributed by atoms with Crippen LogP contribution >= 0.6 is 0 Å². The van der Waals surface area contributed by atoms with Crippen molar-refractivity contribution < 1.29 is 27.5 Å². The number of aromatic amines is 1. The summed E-state index contributed by atoms with van der Waals surface area (Å²) in [5.41, 5.74) is 0.486. The van der Waals surface area contributed by atoms with Crippen molar-refractivity contribution >= 4 is 39.2 Å². The number of esters is 1. The van der Waals surface area contributed by atoms with Crippen molar-refractivity contribution in [1.82, 2.24) is 35.1 Å². The molecule has 6 heterocycles. The minimum Gasteiger partial charge on any atom is -0.469 e. The van der Waals surface area contributed by atoms with Crippen LogP contribution in [0, 0.1) is 23.2 Å². The van der Waals surface area contributed by atoms with E-state index in [0.717, 1.165) is 42.8 Å². The lowest BCUT2D eigenvalue weighted by Crippen LogP contribution is -2.56. The number of carbonyl (C=O) groups excluding carboxylic acids is 2. The number of hydrogen-bond donors (Lipinski definition) is 3. The summed E-state index contributed by atoms with van der Waals surface area (Å²) in [7, 11) is -2.31. The summed E-state index contributed by atoms with van der Waals surface area (Å²) in [5.74, 6) is -0.568. The molecule has 4 atom stereocenters. The summed E-state index contributed by atoms with van der Waals surface area (Å²) in [4.78, 5) is 37.1. The standard InChI is InChI=1S/C31H45N9O6S/c1-8-29(6)10-11-39(17-29)20-12-19(3)24-34-25(37-40(24)14-20)31-15-30(18-46-31,16-32-21(41)13-28(4,5)26(42)45-7)22(31)23-33-27(36-35-23)38-47(43,44)9-2/h12,14,22H,8-11,13,15-18H2,1-7H3,(H,32,41)(H2,33,35,36,38)/t22?,29-,30?,31?/m0/s1. The number of rotatable bonds is 12. The van der Waals surface area contributed by atoms with Crippen LogP contribution in [0.1, 0.15) is 83.4 Å². The lowest BCUT2D eigenvalue weighted by molar-refractivity contribution is -0.153. The van der Waals surface area contributed by atoms with E-state index in [2.05, 4.69) is 50.0 Å². The summed E-state index contributed by atoms with van der Waals surface area (Å²) in [6.07, 6.45) is 4.71. The third-order valence-corrected chi connectivity index (χ3v) is 11.7. The summed E-state index contributed by atoms with van der Waals surface area (Å²) in [5, 5.41) is 15.0. The second-order valence-electron chi connectivity index (χ2n) is 14.4. The number of fused-ring (bicyclic) bond motifs is 2. The first-order valence-corrected chi connectivity index (χ1v) is 17.8. The van der Waals surface area contributed by atoms with Gasteiger partial charge in [0.15, 0.2) is 11.5 Å². The number of ether oxygens (including phenoxy) is 2. The Bertz CT molecular complexity index is 1820. The molecule has 0 radical (unpaired) electrons. The number of hydrogen-bond acceptors (Lipinski definition) is 11. The number of methoxy groups -OCH3 is 1. The van der Waals surface area contributed by atoms with E-state index in [0.29, 0.717) is 18.1 Å². The van der Waals surface area contributed by atoms with Crippen molar-refractivity contribution in [2.45, 2.75) is 78.7 Å². The molecule has 3 saturated heterocycles. The first-order valence-electron chi connectivity index (χ1n) is 16.1. The summed E-state index contributed by atoms with van der Waals surface area (Å²) >= 11 is 0. The molecule has 3 aliphatic heterocycles. The predicted octanol–water partition coefficient (Wildman–Crippen LogP) is 2.65. The predicted molar refractivity (Wildman–Crippen MR) is 173 cm³/mol. The van der Waals surface area contributed by atoms with E-state index < -0.39 is 38.3 Å². The van der Waals surface area contributed by atoms with Crippen LogP contribution in [0.15, 0.2) is 12.3 Å². The number of aromatic nitrogens is 6. The smallest absolute Gasteiger partial charge is 0.311 e. The average Bonchev–Trinajstić information content (AvgIpc) is 3.84. The number of nitrogens with zero attached hydrogens (tertiary/aromatic N) is 6. The van der Waals surface area contributed by atoms with Gasteiger partial charge in [0.25, 0.3) is 5.95 Å². The Morgan fingerprint density at radius 2 is 2.02 bits per heavy atom. The topological polar surface area (TPSA) is 186 Å². The summed E-state index contributed by atoms with van der Waals surface area (Å²) in [6.45, 7) is 13.9. The van der Waals surface area contributed by atoms with Gasteiger partial charge in [0.2, 0.25) is 15.9 Å². The molecule has 1 amide bonds. The van der Waals surface area contributed by atoms with E-state index in [-0.39, 0.29) is 42.6 Å². The van der Waals surface area contributed by atoms with Gasteiger partial charge in [-0.15, -0.1) is 10.2 Å². The molecule has 3 unspecified atom stereocenters. The Balaban J connectivity index is 1.31. The first-order chi connectivity index (χ1) is 22.1. The lowest BCUT2D eigenvalue weighted by Gasteiger charge is -2.50. The lowest BCUT2D eigenvalue weighted by atomic mass is 9.53. The van der Waals surface area contributed by atoms with Crippen LogP contribution in [0.3, 0.4) is 0 Å². The Hall–Kier alpha value is -3.79. The molecule has 15 nitrogen and oxygen atoms in total. The number of carbonyl (C=O) groups is 2. The van der Waals surface area contributed by atoms with E-state index >= 15 is 0 Å². The molecule has 1 aliphatic carbocycles. The molecule has 4 fully saturated rings. The molecule has 3 aromatic heterocycles. The van der Waals surface area contributed by atoms with Gasteiger partial charge in [0, 0.05) is 31.5 Å². The van der Waals surface area contributed by atoms with E-state index in [9.17, 15) is 18.0 Å². The van der Waals surface area contributed by atoms with Gasteiger partial charge in [0.05, 0.1) is 42.7 Å². The number of amides is 1. The minimum atomic E-state index is -3.61. The highest BCUT2D eigenvalue weighted by Crippen LogP contribution is 2.70. The fraction of sp³-hybridized carbons (Fsp3) is 0.677. The van der Waals surface area contributed by atoms with Gasteiger partial charge < -0.3 is 19.7 Å². The van der Waals surface area contributed by atoms with Crippen LogP contribution in [0.4, 0.5) is 11.6 Å². The van der Waals surface area contributed by atoms with Gasteiger partial charge in [0.1, 0.15) is 11.4 Å². The number of H-pyrrole nitrogens is 1. The number of anilines is 2. The fourth-order valence-electron chi connectivity index (χ4n) is 7.39. The Morgan fingerprint density at radius 1 is 1.26 bits per heavy atom. The van der Waals surface area contributed by atoms with Crippen molar-refractivity contribution in [3.05, 3.63) is 29.5 Å². The zero-order valence-electron chi connectivity index (χ0n) is 28.1. The number of aryl methyl sites for hydroxylation is 1. The Kier molecular flexibility index (Phi) is 8.05. The van der Waals surface area contributed by atoms with Crippen molar-refractivity contribution in [2.24, 2.45) is 16.2 Å². The largest absolute Gasteiger partial charge is 0.469 e. The third kappa shape index (κ3) is 5.72. The second kappa shape index (κ2) is 11.4. The molecule has 4 aliphatic rings. The Labute approximate surface area is 274 Å². The van der Waals surface area contributed by atoms with E-state index in [1.807, 2.05) is 17.6 Å². The minimum absolute atomic E-state index is 0.0539. The highest BCUT2D eigenvalue weighted by molar-refractivity contribution is 7.92. The van der Waals surface area contributed by atoms with Crippen molar-refractivity contribution in [3.8, 4) is 0 Å². The van der Waals surface area contributed by atoms with Gasteiger partial charge >= 0.3 is 5.97 Å². The van der Waals surface area contributed by atoms with Gasteiger partial charge in [-0.05, 0) is 64.0 Å². The van der Waals surface area contributed by atoms with Crippen LogP contribution in [-0.4, -0.2) is 89.2 Å². The zero-order valence-corrected chi connectivity index (χ0v) is 29.0. The van der Waals surface area contributed by atoms with Gasteiger partial charge in [-0.1, -0.05) is 13.8 Å². The highest BCUT2D eigenvalue weighted by Gasteiger charge is 2.74. The Morgan fingerprint density at radius 3 is 2.70 bits per heavy atom. The molecule has 256 valence electrons. The third-order valence-electron chi connectivity index (χ3n) is 10.4. The molecule has 3 N–H and O–H groups in total. The van der Waals surface area contributed by atoms with Crippen LogP contribution in [0.2, 0.25) is 0 Å². The summed E-state index contributed by atoms with van der Waals surface area (Å²) < 4.78 is 40.1. The van der Waals surface area contributed by atoms with Gasteiger partial charge in [-0.25, -0.2) is 22.6 Å². The van der Waals surface area contributed by atoms with E-state index in [1.165, 1.54) is 14.0 Å². The van der Waals surface area contributed by atoms with E-state index in [1.54, 1.807) is 13.8 Å². The van der Waals surface area contributed by atoms with E-state index in [4.69, 9.17) is 19.6 Å². The maximum absolute atomic E-state index is 13.0. The SMILES string of the molecule is CC[C@@]1(C)CCN(c2cc(C)c3nc(C45CC(CNC(=O)CC(C)(C)C(=O)OC)(CO4)C5c4nc(NS(=O)(=O)CC)n[nH]4)nn3c2)C1. The monoisotopic (exact) mass is 671 g/mol. The van der Waals surface area contributed by atoms with Crippen LogP contribution < -0.4 is 14.9 Å². The molecule has 0 aromatic carbocycles. The van der Waals surface area contributed by atoms with Crippen LogP contribution in [0.5, 0.6) is 0 Å². The first kappa shape index (κ1) is 33.1.